The normalized spacial score (nSPS) is 12.3. The Hall–Kier alpha value is -3.03. The largest absolute Gasteiger partial charge is 0.496 e. The number of halogens is 2. The number of benzene rings is 2. The minimum Gasteiger partial charge on any atom is -0.496 e. The van der Waals surface area contributed by atoms with Crippen molar-refractivity contribution in [2.75, 3.05) is 34.4 Å². The number of rotatable bonds is 9. The van der Waals surface area contributed by atoms with E-state index >= 15 is 0 Å². The first kappa shape index (κ1) is 23.3. The van der Waals surface area contributed by atoms with Crippen molar-refractivity contribution in [2.45, 2.75) is 26.3 Å². The van der Waals surface area contributed by atoms with Gasteiger partial charge in [-0.2, -0.15) is 0 Å². The third-order valence-corrected chi connectivity index (χ3v) is 4.63. The van der Waals surface area contributed by atoms with Crippen LogP contribution >= 0.6 is 0 Å². The molecule has 1 unspecified atom stereocenters. The van der Waals surface area contributed by atoms with Crippen LogP contribution in [0, 0.1) is 11.6 Å². The van der Waals surface area contributed by atoms with Gasteiger partial charge in [-0.05, 0) is 36.6 Å². The summed E-state index contributed by atoms with van der Waals surface area (Å²) in [6, 6.07) is 7.54. The van der Waals surface area contributed by atoms with Gasteiger partial charge in [-0.25, -0.2) is 13.8 Å². The summed E-state index contributed by atoms with van der Waals surface area (Å²) in [7, 11) is 4.72. The number of aliphatic imine (C=N–C) groups is 1. The molecule has 2 aromatic rings. The molecule has 0 saturated carbocycles. The molecule has 0 bridgehead atoms. The van der Waals surface area contributed by atoms with E-state index in [1.54, 1.807) is 33.5 Å². The van der Waals surface area contributed by atoms with Crippen LogP contribution in [-0.2, 0) is 6.54 Å². The highest BCUT2D eigenvalue weighted by Gasteiger charge is 2.13. The van der Waals surface area contributed by atoms with Crippen LogP contribution in [-0.4, -0.2) is 40.4 Å². The Morgan fingerprint density at radius 3 is 2.20 bits per heavy atom. The van der Waals surface area contributed by atoms with Gasteiger partial charge < -0.3 is 24.8 Å². The third-order valence-electron chi connectivity index (χ3n) is 4.63. The zero-order valence-electron chi connectivity index (χ0n) is 18.0. The average molecular weight is 421 g/mol. The fourth-order valence-electron chi connectivity index (χ4n) is 2.91. The third kappa shape index (κ3) is 5.98. The van der Waals surface area contributed by atoms with Crippen molar-refractivity contribution in [3.63, 3.8) is 0 Å². The number of guanidine groups is 1. The first-order valence-electron chi connectivity index (χ1n) is 9.69. The van der Waals surface area contributed by atoms with Crippen molar-refractivity contribution < 1.29 is 23.0 Å². The highest BCUT2D eigenvalue weighted by Crippen LogP contribution is 2.34. The first-order valence-corrected chi connectivity index (χ1v) is 9.69. The fourth-order valence-corrected chi connectivity index (χ4v) is 2.91. The number of ether oxygens (including phenoxy) is 3. The summed E-state index contributed by atoms with van der Waals surface area (Å²) in [6.45, 7) is 5.42. The Morgan fingerprint density at radius 1 is 0.933 bits per heavy atom. The van der Waals surface area contributed by atoms with Gasteiger partial charge in [0, 0.05) is 24.7 Å². The standard InChI is InChI=1S/C22H29F2N3O3/c1-6-25-22(26-12-14(2)15-7-8-17(23)18(24)9-15)27-13-16-10-20(29-4)21(30-5)11-19(16)28-3/h7-11,14H,6,12-13H2,1-5H3,(H2,25,26,27). The van der Waals surface area contributed by atoms with E-state index < -0.39 is 11.6 Å². The lowest BCUT2D eigenvalue weighted by Gasteiger charge is -2.17. The molecule has 0 aliphatic carbocycles. The van der Waals surface area contributed by atoms with Gasteiger partial charge in [0.25, 0.3) is 0 Å². The van der Waals surface area contributed by atoms with Gasteiger partial charge in [0.05, 0.1) is 27.9 Å². The summed E-state index contributed by atoms with van der Waals surface area (Å²) < 4.78 is 42.8. The second-order valence-electron chi connectivity index (χ2n) is 6.67. The lowest BCUT2D eigenvalue weighted by Crippen LogP contribution is -2.39. The van der Waals surface area contributed by atoms with Gasteiger partial charge in [-0.1, -0.05) is 13.0 Å². The molecule has 6 nitrogen and oxygen atoms in total. The number of hydrogen-bond donors (Lipinski definition) is 2. The van der Waals surface area contributed by atoms with Crippen LogP contribution in [0.2, 0.25) is 0 Å². The summed E-state index contributed by atoms with van der Waals surface area (Å²) >= 11 is 0. The molecular weight excluding hydrogens is 392 g/mol. The van der Waals surface area contributed by atoms with Crippen LogP contribution in [0.3, 0.4) is 0 Å². The maximum Gasteiger partial charge on any atom is 0.191 e. The lowest BCUT2D eigenvalue weighted by molar-refractivity contribution is 0.347. The van der Waals surface area contributed by atoms with Crippen molar-refractivity contribution in [2.24, 2.45) is 4.99 Å². The molecule has 164 valence electrons. The number of methoxy groups -OCH3 is 3. The van der Waals surface area contributed by atoms with Gasteiger partial charge in [-0.3, -0.25) is 0 Å². The minimum atomic E-state index is -0.849. The molecule has 0 aliphatic rings. The van der Waals surface area contributed by atoms with E-state index in [4.69, 9.17) is 14.2 Å². The molecule has 2 rings (SSSR count). The highest BCUT2D eigenvalue weighted by molar-refractivity contribution is 5.79. The molecular formula is C22H29F2N3O3. The average Bonchev–Trinajstić information content (AvgIpc) is 2.76. The van der Waals surface area contributed by atoms with Crippen LogP contribution < -0.4 is 24.8 Å². The zero-order chi connectivity index (χ0) is 22.1. The molecule has 0 radical (unpaired) electrons. The monoisotopic (exact) mass is 421 g/mol. The molecule has 0 spiro atoms. The topological polar surface area (TPSA) is 64.1 Å². The van der Waals surface area contributed by atoms with E-state index in [1.165, 1.54) is 6.07 Å². The maximum absolute atomic E-state index is 13.5. The molecule has 0 aromatic heterocycles. The summed E-state index contributed by atoms with van der Waals surface area (Å²) in [4.78, 5) is 4.60. The van der Waals surface area contributed by atoms with Gasteiger partial charge in [-0.15, -0.1) is 0 Å². The summed E-state index contributed by atoms with van der Waals surface area (Å²) in [5.41, 5.74) is 1.54. The molecule has 0 aliphatic heterocycles. The second-order valence-corrected chi connectivity index (χ2v) is 6.67. The van der Waals surface area contributed by atoms with Crippen LogP contribution in [0.15, 0.2) is 35.3 Å². The SMILES string of the molecule is CCNC(=NCc1cc(OC)c(OC)cc1OC)NCC(C)c1ccc(F)c(F)c1. The number of hydrogen-bond acceptors (Lipinski definition) is 4. The Bertz CT molecular complexity index is 875. The van der Waals surface area contributed by atoms with Crippen molar-refractivity contribution >= 4 is 5.96 Å². The van der Waals surface area contributed by atoms with E-state index in [-0.39, 0.29) is 5.92 Å². The van der Waals surface area contributed by atoms with Crippen molar-refractivity contribution in [1.82, 2.24) is 10.6 Å². The molecule has 0 saturated heterocycles. The smallest absolute Gasteiger partial charge is 0.191 e. The first-order chi connectivity index (χ1) is 14.4. The second kappa shape index (κ2) is 11.2. The van der Waals surface area contributed by atoms with Crippen molar-refractivity contribution in [3.05, 3.63) is 53.1 Å². The number of nitrogens with zero attached hydrogens (tertiary/aromatic N) is 1. The predicted molar refractivity (Wildman–Crippen MR) is 114 cm³/mol. The molecule has 8 heteroatoms. The van der Waals surface area contributed by atoms with Gasteiger partial charge in [0.2, 0.25) is 0 Å². The minimum absolute atomic E-state index is 0.0421. The van der Waals surface area contributed by atoms with Crippen LogP contribution in [0.5, 0.6) is 17.2 Å². The fraction of sp³-hybridized carbons (Fsp3) is 0.409. The molecule has 0 heterocycles. The molecule has 2 N–H and O–H groups in total. The number of nitrogens with one attached hydrogen (secondary N) is 2. The lowest BCUT2D eigenvalue weighted by atomic mass is 10.0. The quantitative estimate of drug-likeness (QED) is 0.476. The molecule has 2 aromatic carbocycles. The van der Waals surface area contributed by atoms with Gasteiger partial charge >= 0.3 is 0 Å². The summed E-state index contributed by atoms with van der Waals surface area (Å²) in [5, 5.41) is 6.41. The van der Waals surface area contributed by atoms with E-state index in [1.807, 2.05) is 19.9 Å². The van der Waals surface area contributed by atoms with E-state index in [0.717, 1.165) is 11.6 Å². The molecule has 0 amide bonds. The zero-order valence-corrected chi connectivity index (χ0v) is 18.0. The Labute approximate surface area is 176 Å². The van der Waals surface area contributed by atoms with Crippen molar-refractivity contribution in [3.8, 4) is 17.2 Å². The van der Waals surface area contributed by atoms with E-state index in [2.05, 4.69) is 15.6 Å². The van der Waals surface area contributed by atoms with Gasteiger partial charge in [0.1, 0.15) is 5.75 Å². The van der Waals surface area contributed by atoms with Crippen LogP contribution in [0.25, 0.3) is 0 Å². The Kier molecular flexibility index (Phi) is 8.70. The van der Waals surface area contributed by atoms with Crippen LogP contribution in [0.4, 0.5) is 8.78 Å². The van der Waals surface area contributed by atoms with Crippen LogP contribution in [0.1, 0.15) is 30.9 Å². The predicted octanol–water partition coefficient (Wildman–Crippen LogP) is 3.85. The highest BCUT2D eigenvalue weighted by atomic mass is 19.2. The molecule has 1 atom stereocenters. The molecule has 30 heavy (non-hydrogen) atoms. The van der Waals surface area contributed by atoms with E-state index in [9.17, 15) is 8.78 Å². The Balaban J connectivity index is 2.13. The Morgan fingerprint density at radius 2 is 1.60 bits per heavy atom. The summed E-state index contributed by atoms with van der Waals surface area (Å²) in [6.07, 6.45) is 0. The van der Waals surface area contributed by atoms with Crippen molar-refractivity contribution in [1.29, 1.82) is 0 Å². The summed E-state index contributed by atoms with van der Waals surface area (Å²) in [5.74, 6) is 0.671. The molecule has 0 fully saturated rings. The van der Waals surface area contributed by atoms with E-state index in [0.29, 0.717) is 48.4 Å². The van der Waals surface area contributed by atoms with Gasteiger partial charge in [0.15, 0.2) is 29.1 Å². The maximum atomic E-state index is 13.5.